The minimum absolute atomic E-state index is 0.231. The lowest BCUT2D eigenvalue weighted by Crippen LogP contribution is -2.24. The van der Waals surface area contributed by atoms with Gasteiger partial charge in [-0.2, -0.15) is 5.10 Å². The maximum Gasteiger partial charge on any atom is 0.155 e. The summed E-state index contributed by atoms with van der Waals surface area (Å²) < 4.78 is 21.7. The van der Waals surface area contributed by atoms with E-state index in [0.717, 1.165) is 30.9 Å². The SMILES string of the molecule is COc1cccc(F)c1-c1nc(-c2cnn(-c3cccc(N[C@@H]4CCN(C)C4)n3)c2)ccc1N. The maximum atomic E-state index is 14.7. The van der Waals surface area contributed by atoms with Crippen molar-refractivity contribution in [3.05, 3.63) is 66.7 Å². The Kier molecular flexibility index (Phi) is 5.85. The molecule has 1 aliphatic heterocycles. The van der Waals surface area contributed by atoms with Gasteiger partial charge in [-0.05, 0) is 56.4 Å². The summed E-state index contributed by atoms with van der Waals surface area (Å²) in [6.45, 7) is 2.07. The molecule has 0 radical (unpaired) electrons. The molecule has 34 heavy (non-hydrogen) atoms. The van der Waals surface area contributed by atoms with Gasteiger partial charge in [0.2, 0.25) is 0 Å². The lowest BCUT2D eigenvalue weighted by molar-refractivity contribution is 0.413. The third-order valence-corrected chi connectivity index (χ3v) is 5.95. The molecule has 0 unspecified atom stereocenters. The number of likely N-dealkylation sites (tertiary alicyclic amines) is 1. The van der Waals surface area contributed by atoms with Gasteiger partial charge in [-0.3, -0.25) is 0 Å². The first kappa shape index (κ1) is 21.8. The number of nitrogens with one attached hydrogen (secondary N) is 1. The molecule has 0 amide bonds. The summed E-state index contributed by atoms with van der Waals surface area (Å²) in [5, 5.41) is 7.97. The van der Waals surface area contributed by atoms with Crippen molar-refractivity contribution < 1.29 is 9.13 Å². The number of pyridine rings is 2. The zero-order valence-corrected chi connectivity index (χ0v) is 19.1. The van der Waals surface area contributed by atoms with Crippen LogP contribution in [-0.4, -0.2) is 57.9 Å². The topological polar surface area (TPSA) is 94.1 Å². The molecule has 1 aliphatic rings. The zero-order valence-electron chi connectivity index (χ0n) is 19.1. The molecule has 4 aromatic rings. The van der Waals surface area contributed by atoms with Crippen molar-refractivity contribution in [3.8, 4) is 34.1 Å². The van der Waals surface area contributed by atoms with Crippen molar-refractivity contribution in [1.82, 2.24) is 24.6 Å². The van der Waals surface area contributed by atoms with E-state index in [9.17, 15) is 4.39 Å². The second kappa shape index (κ2) is 9.11. The highest BCUT2D eigenvalue weighted by molar-refractivity contribution is 5.80. The first-order chi connectivity index (χ1) is 16.5. The number of ether oxygens (including phenoxy) is 1. The van der Waals surface area contributed by atoms with Gasteiger partial charge in [0.15, 0.2) is 5.82 Å². The van der Waals surface area contributed by atoms with Gasteiger partial charge in [0.25, 0.3) is 0 Å². The van der Waals surface area contributed by atoms with E-state index in [4.69, 9.17) is 15.5 Å². The molecule has 1 saturated heterocycles. The summed E-state index contributed by atoms with van der Waals surface area (Å²) in [6, 6.07) is 14.3. The van der Waals surface area contributed by atoms with E-state index in [0.29, 0.717) is 34.7 Å². The number of hydrogen-bond acceptors (Lipinski definition) is 7. The Morgan fingerprint density at radius 3 is 2.76 bits per heavy atom. The van der Waals surface area contributed by atoms with E-state index in [1.54, 1.807) is 35.1 Å². The molecule has 174 valence electrons. The number of halogens is 1. The third kappa shape index (κ3) is 4.29. The fourth-order valence-electron chi connectivity index (χ4n) is 4.21. The number of nitrogens with two attached hydrogens (primary N) is 1. The van der Waals surface area contributed by atoms with Crippen LogP contribution < -0.4 is 15.8 Å². The van der Waals surface area contributed by atoms with E-state index in [-0.39, 0.29) is 5.56 Å². The molecular weight excluding hydrogens is 433 g/mol. The summed E-state index contributed by atoms with van der Waals surface area (Å²) in [6.07, 6.45) is 4.64. The summed E-state index contributed by atoms with van der Waals surface area (Å²) in [7, 11) is 3.61. The monoisotopic (exact) mass is 459 g/mol. The number of nitrogens with zero attached hydrogens (tertiary/aromatic N) is 5. The van der Waals surface area contributed by atoms with Crippen LogP contribution in [0, 0.1) is 5.82 Å². The molecule has 1 aromatic carbocycles. The second-order valence-electron chi connectivity index (χ2n) is 8.40. The van der Waals surface area contributed by atoms with E-state index in [1.807, 2.05) is 24.4 Å². The predicted molar refractivity (Wildman–Crippen MR) is 130 cm³/mol. The normalized spacial score (nSPS) is 16.0. The van der Waals surface area contributed by atoms with Crippen LogP contribution in [0.3, 0.4) is 0 Å². The van der Waals surface area contributed by atoms with Crippen molar-refractivity contribution in [3.63, 3.8) is 0 Å². The van der Waals surface area contributed by atoms with E-state index in [2.05, 4.69) is 27.3 Å². The van der Waals surface area contributed by atoms with Crippen molar-refractivity contribution in [1.29, 1.82) is 0 Å². The first-order valence-electron chi connectivity index (χ1n) is 11.1. The van der Waals surface area contributed by atoms with Crippen LogP contribution >= 0.6 is 0 Å². The number of benzene rings is 1. The van der Waals surface area contributed by atoms with Gasteiger partial charge in [0.1, 0.15) is 23.1 Å². The number of rotatable bonds is 6. The van der Waals surface area contributed by atoms with Gasteiger partial charge in [0.05, 0.1) is 30.3 Å². The number of likely N-dealkylation sites (N-methyl/N-ethyl adjacent to an activating group) is 1. The van der Waals surface area contributed by atoms with Crippen molar-refractivity contribution in [2.24, 2.45) is 0 Å². The quantitative estimate of drug-likeness (QED) is 0.452. The van der Waals surface area contributed by atoms with Gasteiger partial charge >= 0.3 is 0 Å². The minimum Gasteiger partial charge on any atom is -0.496 e. The summed E-state index contributed by atoms with van der Waals surface area (Å²) in [4.78, 5) is 11.7. The highest BCUT2D eigenvalue weighted by atomic mass is 19.1. The van der Waals surface area contributed by atoms with Crippen LogP contribution in [0.5, 0.6) is 5.75 Å². The molecule has 8 nitrogen and oxygen atoms in total. The van der Waals surface area contributed by atoms with Crippen LogP contribution in [0.2, 0.25) is 0 Å². The summed E-state index contributed by atoms with van der Waals surface area (Å²) in [5.74, 6) is 1.42. The lowest BCUT2D eigenvalue weighted by Gasteiger charge is -2.14. The van der Waals surface area contributed by atoms with Crippen molar-refractivity contribution in [2.75, 3.05) is 38.3 Å². The van der Waals surface area contributed by atoms with Gasteiger partial charge < -0.3 is 20.7 Å². The molecule has 5 rings (SSSR count). The number of aromatic nitrogens is 4. The Morgan fingerprint density at radius 2 is 1.97 bits per heavy atom. The largest absolute Gasteiger partial charge is 0.496 e. The fourth-order valence-corrected chi connectivity index (χ4v) is 4.21. The van der Waals surface area contributed by atoms with Gasteiger partial charge in [-0.15, -0.1) is 0 Å². The molecule has 0 saturated carbocycles. The Bertz CT molecular complexity index is 1320. The average Bonchev–Trinajstić information content (AvgIpc) is 3.49. The third-order valence-electron chi connectivity index (χ3n) is 5.95. The Morgan fingerprint density at radius 1 is 1.12 bits per heavy atom. The molecule has 3 aromatic heterocycles. The van der Waals surface area contributed by atoms with Crippen LogP contribution in [0.1, 0.15) is 6.42 Å². The standard InChI is InChI=1S/C25H26FN7O/c1-32-12-11-17(15-32)29-22-7-4-8-23(31-22)33-14-16(13-28-33)20-10-9-19(27)25(30-20)24-18(26)5-3-6-21(24)34-2/h3-10,13-14,17H,11-12,15,27H2,1-2H3,(H,29,31)/t17-/m1/s1. The molecule has 9 heteroatoms. The van der Waals surface area contributed by atoms with Gasteiger partial charge in [-0.25, -0.2) is 19.0 Å². The van der Waals surface area contributed by atoms with Crippen molar-refractivity contribution >= 4 is 11.5 Å². The molecule has 0 aliphatic carbocycles. The number of nitrogen functional groups attached to an aromatic ring is 1. The average molecular weight is 460 g/mol. The van der Waals surface area contributed by atoms with Gasteiger partial charge in [0, 0.05) is 24.3 Å². The Balaban J connectivity index is 1.44. The van der Waals surface area contributed by atoms with E-state index < -0.39 is 5.82 Å². The lowest BCUT2D eigenvalue weighted by atomic mass is 10.1. The summed E-state index contributed by atoms with van der Waals surface area (Å²) in [5.41, 5.74) is 8.44. The highest BCUT2D eigenvalue weighted by Gasteiger charge is 2.20. The molecular formula is C25H26FN7O. The molecule has 3 N–H and O–H groups in total. The molecule has 0 spiro atoms. The number of methoxy groups -OCH3 is 1. The van der Waals surface area contributed by atoms with Gasteiger partial charge in [-0.1, -0.05) is 12.1 Å². The van der Waals surface area contributed by atoms with E-state index >= 15 is 0 Å². The second-order valence-corrected chi connectivity index (χ2v) is 8.40. The molecule has 0 bridgehead atoms. The fraction of sp³-hybridized carbons (Fsp3) is 0.240. The minimum atomic E-state index is -0.451. The van der Waals surface area contributed by atoms with Crippen LogP contribution in [0.4, 0.5) is 15.9 Å². The smallest absolute Gasteiger partial charge is 0.155 e. The Hall–Kier alpha value is -3.98. The predicted octanol–water partition coefficient (Wildman–Crippen LogP) is 3.84. The highest BCUT2D eigenvalue weighted by Crippen LogP contribution is 2.36. The maximum absolute atomic E-state index is 14.7. The molecule has 4 heterocycles. The number of hydrogen-bond donors (Lipinski definition) is 2. The van der Waals surface area contributed by atoms with Crippen LogP contribution in [0.25, 0.3) is 28.3 Å². The van der Waals surface area contributed by atoms with Crippen LogP contribution in [-0.2, 0) is 0 Å². The number of anilines is 2. The summed E-state index contributed by atoms with van der Waals surface area (Å²) >= 11 is 0. The Labute approximate surface area is 197 Å². The molecule has 1 atom stereocenters. The van der Waals surface area contributed by atoms with Crippen LogP contribution in [0.15, 0.2) is 60.9 Å². The van der Waals surface area contributed by atoms with Crippen molar-refractivity contribution in [2.45, 2.75) is 12.5 Å². The first-order valence-corrected chi connectivity index (χ1v) is 11.1. The van der Waals surface area contributed by atoms with E-state index in [1.165, 1.54) is 13.2 Å². The zero-order chi connectivity index (χ0) is 23.7. The molecule has 1 fully saturated rings.